The Morgan fingerprint density at radius 2 is 2.04 bits per heavy atom. The molecule has 140 valence electrons. The third-order valence-electron chi connectivity index (χ3n) is 4.73. The number of thioether (sulfide) groups is 1. The fraction of sp³-hybridized carbons (Fsp3) is 0.500. The van der Waals surface area contributed by atoms with Crippen LogP contribution in [-0.4, -0.2) is 55.8 Å². The lowest BCUT2D eigenvalue weighted by molar-refractivity contribution is -0.149. The summed E-state index contributed by atoms with van der Waals surface area (Å²) >= 11 is 4.91. The van der Waals surface area contributed by atoms with Gasteiger partial charge in [-0.05, 0) is 31.2 Å². The summed E-state index contributed by atoms with van der Waals surface area (Å²) in [5.41, 5.74) is 1.03. The first-order valence-corrected chi connectivity index (χ1v) is 10.6. The van der Waals surface area contributed by atoms with Crippen molar-refractivity contribution in [2.24, 2.45) is 0 Å². The van der Waals surface area contributed by atoms with E-state index in [0.717, 1.165) is 18.4 Å². The van der Waals surface area contributed by atoms with Gasteiger partial charge >= 0.3 is 5.97 Å². The molecular formula is C18H21BrN2O4S. The summed E-state index contributed by atoms with van der Waals surface area (Å²) in [6.07, 6.45) is 2.60. The fourth-order valence-electron chi connectivity index (χ4n) is 3.38. The topological polar surface area (TPSA) is 86.7 Å². The third kappa shape index (κ3) is 4.23. The van der Waals surface area contributed by atoms with Gasteiger partial charge in [-0.1, -0.05) is 46.3 Å². The van der Waals surface area contributed by atoms with E-state index in [0.29, 0.717) is 18.6 Å². The van der Waals surface area contributed by atoms with Crippen LogP contribution in [0.3, 0.4) is 0 Å². The van der Waals surface area contributed by atoms with Gasteiger partial charge in [0.1, 0.15) is 12.1 Å². The number of carbonyl (C=O) groups excluding carboxylic acids is 2. The number of nitrogens with zero attached hydrogens (tertiary/aromatic N) is 1. The second kappa shape index (κ2) is 8.43. The summed E-state index contributed by atoms with van der Waals surface area (Å²) in [6, 6.07) is 8.17. The third-order valence-corrected chi connectivity index (χ3v) is 6.83. The highest BCUT2D eigenvalue weighted by Gasteiger charge is 2.45. The fourth-order valence-corrected chi connectivity index (χ4v) is 5.34. The molecule has 0 radical (unpaired) electrons. The first-order valence-electron chi connectivity index (χ1n) is 8.62. The molecule has 0 spiro atoms. The van der Waals surface area contributed by atoms with Gasteiger partial charge in [0, 0.05) is 5.75 Å². The smallest absolute Gasteiger partial charge is 0.327 e. The number of nitrogens with one attached hydrogen (secondary N) is 1. The molecule has 2 fully saturated rings. The number of fused-ring (bicyclic) bond motifs is 1. The summed E-state index contributed by atoms with van der Waals surface area (Å²) < 4.78 is 0. The van der Waals surface area contributed by atoms with Gasteiger partial charge in [-0.15, -0.1) is 11.8 Å². The van der Waals surface area contributed by atoms with Crippen molar-refractivity contribution in [3.05, 3.63) is 35.9 Å². The van der Waals surface area contributed by atoms with Gasteiger partial charge in [0.15, 0.2) is 0 Å². The molecule has 0 unspecified atom stereocenters. The van der Waals surface area contributed by atoms with Crippen LogP contribution in [0.25, 0.3) is 0 Å². The molecule has 2 aliphatic heterocycles. The van der Waals surface area contributed by atoms with Gasteiger partial charge in [-0.25, -0.2) is 4.79 Å². The van der Waals surface area contributed by atoms with Gasteiger partial charge in [0.25, 0.3) is 0 Å². The van der Waals surface area contributed by atoms with Crippen LogP contribution in [-0.2, 0) is 20.8 Å². The summed E-state index contributed by atoms with van der Waals surface area (Å²) in [7, 11) is 0. The van der Waals surface area contributed by atoms with Crippen molar-refractivity contribution >= 4 is 45.5 Å². The number of aliphatic carboxylic acids is 1. The molecule has 8 heteroatoms. The molecule has 0 aliphatic carbocycles. The maximum atomic E-state index is 12.9. The quantitative estimate of drug-likeness (QED) is 0.683. The number of carboxylic acid groups (broad SMARTS) is 1. The predicted molar refractivity (Wildman–Crippen MR) is 103 cm³/mol. The number of carbonyl (C=O) groups is 3. The maximum Gasteiger partial charge on any atom is 0.327 e. The predicted octanol–water partition coefficient (Wildman–Crippen LogP) is 2.02. The van der Waals surface area contributed by atoms with Gasteiger partial charge < -0.3 is 15.3 Å². The van der Waals surface area contributed by atoms with Gasteiger partial charge in [0.2, 0.25) is 11.8 Å². The Bertz CT molecular complexity index is 687. The van der Waals surface area contributed by atoms with Crippen LogP contribution in [0.5, 0.6) is 0 Å². The van der Waals surface area contributed by atoms with E-state index in [-0.39, 0.29) is 17.2 Å². The number of alkyl halides is 1. The first-order chi connectivity index (χ1) is 12.5. The SMILES string of the molecule is O=C(N[C@H]1CCC[C@@H]2SC[C@@H](C(=O)O)N2C1=O)[C@H](Br)Cc1ccccc1. The first kappa shape index (κ1) is 19.2. The molecular weight excluding hydrogens is 420 g/mol. The highest BCUT2D eigenvalue weighted by molar-refractivity contribution is 9.10. The van der Waals surface area contributed by atoms with Crippen LogP contribution in [0.1, 0.15) is 24.8 Å². The van der Waals surface area contributed by atoms with E-state index in [2.05, 4.69) is 21.2 Å². The number of halogens is 1. The molecule has 3 rings (SSSR count). The Labute approximate surface area is 164 Å². The Morgan fingerprint density at radius 3 is 2.73 bits per heavy atom. The summed E-state index contributed by atoms with van der Waals surface area (Å²) in [4.78, 5) is 37.9. The van der Waals surface area contributed by atoms with Crippen molar-refractivity contribution < 1.29 is 19.5 Å². The highest BCUT2D eigenvalue weighted by Crippen LogP contribution is 2.35. The van der Waals surface area contributed by atoms with E-state index in [4.69, 9.17) is 0 Å². The molecule has 0 saturated carbocycles. The van der Waals surface area contributed by atoms with Crippen LogP contribution in [0.4, 0.5) is 0 Å². The number of carboxylic acids is 1. The van der Waals surface area contributed by atoms with Crippen molar-refractivity contribution in [2.75, 3.05) is 5.75 Å². The lowest BCUT2D eigenvalue weighted by Gasteiger charge is -2.28. The number of hydrogen-bond acceptors (Lipinski definition) is 4. The standard InChI is InChI=1S/C18H21BrN2O4S/c19-12(9-11-5-2-1-3-6-11)16(22)20-13-7-4-8-15-21(17(13)23)14(10-26-15)18(24)25/h1-3,5-6,12-15H,4,7-10H2,(H,20,22)(H,24,25)/t12-,13+,14+,15+/m1/s1. The molecule has 2 heterocycles. The maximum absolute atomic E-state index is 12.9. The molecule has 6 nitrogen and oxygen atoms in total. The molecule has 2 N–H and O–H groups in total. The zero-order chi connectivity index (χ0) is 18.7. The lowest BCUT2D eigenvalue weighted by atomic mass is 10.1. The van der Waals surface area contributed by atoms with Crippen LogP contribution in [0, 0.1) is 0 Å². The Morgan fingerprint density at radius 1 is 1.31 bits per heavy atom. The van der Waals surface area contributed by atoms with E-state index in [1.54, 1.807) is 0 Å². The summed E-state index contributed by atoms with van der Waals surface area (Å²) in [6.45, 7) is 0. The van der Waals surface area contributed by atoms with Crippen LogP contribution >= 0.6 is 27.7 Å². The molecule has 26 heavy (non-hydrogen) atoms. The van der Waals surface area contributed by atoms with E-state index in [9.17, 15) is 19.5 Å². The van der Waals surface area contributed by atoms with Crippen LogP contribution in [0.2, 0.25) is 0 Å². The van der Waals surface area contributed by atoms with Crippen LogP contribution in [0.15, 0.2) is 30.3 Å². The molecule has 2 aliphatic rings. The molecule has 0 bridgehead atoms. The molecule has 2 saturated heterocycles. The van der Waals surface area contributed by atoms with Crippen molar-refractivity contribution in [3.63, 3.8) is 0 Å². The Balaban J connectivity index is 1.65. The molecule has 1 aromatic rings. The molecule has 0 aromatic heterocycles. The van der Waals surface area contributed by atoms with Gasteiger partial charge in [-0.2, -0.15) is 0 Å². The number of rotatable bonds is 5. The average molecular weight is 441 g/mol. The number of hydrogen-bond donors (Lipinski definition) is 2. The van der Waals surface area contributed by atoms with Crippen molar-refractivity contribution in [2.45, 2.75) is 48.0 Å². The Hall–Kier alpha value is -1.54. The Kier molecular flexibility index (Phi) is 6.24. The molecule has 4 atom stereocenters. The largest absolute Gasteiger partial charge is 0.480 e. The van der Waals surface area contributed by atoms with E-state index in [1.807, 2.05) is 30.3 Å². The van der Waals surface area contributed by atoms with Crippen LogP contribution < -0.4 is 5.32 Å². The average Bonchev–Trinajstić information content (AvgIpc) is 2.99. The zero-order valence-electron chi connectivity index (χ0n) is 14.1. The van der Waals surface area contributed by atoms with E-state index in [1.165, 1.54) is 16.7 Å². The lowest BCUT2D eigenvalue weighted by Crippen LogP contribution is -2.54. The number of benzene rings is 1. The highest BCUT2D eigenvalue weighted by atomic mass is 79.9. The zero-order valence-corrected chi connectivity index (χ0v) is 16.5. The minimum atomic E-state index is -0.984. The van der Waals surface area contributed by atoms with Crippen molar-refractivity contribution in [3.8, 4) is 0 Å². The van der Waals surface area contributed by atoms with Crippen molar-refractivity contribution in [1.29, 1.82) is 0 Å². The van der Waals surface area contributed by atoms with Crippen molar-refractivity contribution in [1.82, 2.24) is 10.2 Å². The monoisotopic (exact) mass is 440 g/mol. The minimum absolute atomic E-state index is 0.102. The summed E-state index contributed by atoms with van der Waals surface area (Å²) in [5, 5.41) is 12.1. The van der Waals surface area contributed by atoms with Gasteiger partial charge in [0.05, 0.1) is 10.2 Å². The van der Waals surface area contributed by atoms with E-state index >= 15 is 0 Å². The minimum Gasteiger partial charge on any atom is -0.480 e. The van der Waals surface area contributed by atoms with E-state index < -0.39 is 22.9 Å². The number of amides is 2. The normalized spacial score (nSPS) is 26.7. The summed E-state index contributed by atoms with van der Waals surface area (Å²) in [5.74, 6) is -1.11. The second-order valence-corrected chi connectivity index (χ2v) is 8.85. The molecule has 2 amide bonds. The second-order valence-electron chi connectivity index (χ2n) is 6.54. The molecule has 1 aromatic carbocycles. The van der Waals surface area contributed by atoms with Gasteiger partial charge in [-0.3, -0.25) is 9.59 Å².